The molecule has 2 aromatic carbocycles. The number of primary sulfonamides is 1. The van der Waals surface area contributed by atoms with E-state index in [0.29, 0.717) is 22.1 Å². The summed E-state index contributed by atoms with van der Waals surface area (Å²) < 4.78 is 28.4. The van der Waals surface area contributed by atoms with Crippen LogP contribution in [0.2, 0.25) is 5.02 Å². The molecule has 0 aliphatic rings. The molecule has 3 N–H and O–H groups in total. The lowest BCUT2D eigenvalue weighted by atomic mass is 10.2. The minimum absolute atomic E-state index is 0.0968. The van der Waals surface area contributed by atoms with Gasteiger partial charge in [-0.3, -0.25) is 4.79 Å². The van der Waals surface area contributed by atoms with Gasteiger partial charge in [0.1, 0.15) is 5.75 Å². The van der Waals surface area contributed by atoms with Crippen molar-refractivity contribution in [1.29, 1.82) is 0 Å². The van der Waals surface area contributed by atoms with Gasteiger partial charge in [-0.15, -0.1) is 0 Å². The molecular formula is C16H18ClN3O4S. The number of para-hydroxylation sites is 1. The number of nitrogens with two attached hydrogens (primary N) is 1. The molecule has 7 nitrogen and oxygen atoms in total. The summed E-state index contributed by atoms with van der Waals surface area (Å²) in [7, 11) is -0.352. The van der Waals surface area contributed by atoms with Crippen LogP contribution < -0.4 is 20.1 Å². The fourth-order valence-corrected chi connectivity index (χ4v) is 2.80. The van der Waals surface area contributed by atoms with Gasteiger partial charge in [0.25, 0.3) is 5.91 Å². The summed E-state index contributed by atoms with van der Waals surface area (Å²) >= 11 is 5.96. The van der Waals surface area contributed by atoms with Crippen molar-refractivity contribution in [3.8, 4) is 5.75 Å². The monoisotopic (exact) mass is 383 g/mol. The molecular weight excluding hydrogens is 366 g/mol. The van der Waals surface area contributed by atoms with E-state index in [-0.39, 0.29) is 11.5 Å². The zero-order valence-corrected chi connectivity index (χ0v) is 15.3. The van der Waals surface area contributed by atoms with Crippen molar-refractivity contribution in [1.82, 2.24) is 0 Å². The number of hydrogen-bond acceptors (Lipinski definition) is 5. The molecule has 0 atom stereocenters. The van der Waals surface area contributed by atoms with E-state index < -0.39 is 15.9 Å². The molecule has 1 amide bonds. The van der Waals surface area contributed by atoms with Gasteiger partial charge in [0.2, 0.25) is 10.0 Å². The molecule has 0 unspecified atom stereocenters. The molecule has 0 spiro atoms. The highest BCUT2D eigenvalue weighted by Gasteiger charge is 2.15. The van der Waals surface area contributed by atoms with Gasteiger partial charge in [-0.05, 0) is 30.3 Å². The smallest absolute Gasteiger partial charge is 0.262 e. The first-order valence-electron chi connectivity index (χ1n) is 7.20. The Labute approximate surface area is 151 Å². The van der Waals surface area contributed by atoms with Crippen molar-refractivity contribution >= 4 is 38.9 Å². The highest BCUT2D eigenvalue weighted by atomic mass is 35.5. The van der Waals surface area contributed by atoms with Crippen LogP contribution in [0.1, 0.15) is 0 Å². The largest absolute Gasteiger partial charge is 0.482 e. The molecule has 0 saturated carbocycles. The lowest BCUT2D eigenvalue weighted by molar-refractivity contribution is -0.118. The van der Waals surface area contributed by atoms with Crippen molar-refractivity contribution in [3.05, 3.63) is 47.5 Å². The van der Waals surface area contributed by atoms with Crippen LogP contribution in [-0.2, 0) is 14.8 Å². The first-order chi connectivity index (χ1) is 11.7. The zero-order valence-electron chi connectivity index (χ0n) is 13.7. The summed E-state index contributed by atoms with van der Waals surface area (Å²) in [6.07, 6.45) is 0. The van der Waals surface area contributed by atoms with E-state index in [1.54, 1.807) is 49.3 Å². The molecule has 0 aliphatic heterocycles. The number of ether oxygens (including phenoxy) is 1. The first kappa shape index (κ1) is 19.0. The first-order valence-corrected chi connectivity index (χ1v) is 9.12. The van der Waals surface area contributed by atoms with Crippen LogP contribution in [0.5, 0.6) is 5.75 Å². The number of anilines is 2. The quantitative estimate of drug-likeness (QED) is 0.795. The second-order valence-electron chi connectivity index (χ2n) is 5.39. The third kappa shape index (κ3) is 5.09. The summed E-state index contributed by atoms with van der Waals surface area (Å²) in [4.78, 5) is 13.8. The molecule has 0 heterocycles. The molecule has 0 saturated heterocycles. The van der Waals surface area contributed by atoms with Crippen LogP contribution in [-0.4, -0.2) is 35.0 Å². The fourth-order valence-electron chi connectivity index (χ4n) is 2.07. The van der Waals surface area contributed by atoms with Gasteiger partial charge in [-0.1, -0.05) is 23.7 Å². The fraction of sp³-hybridized carbons (Fsp3) is 0.188. The average molecular weight is 384 g/mol. The summed E-state index contributed by atoms with van der Waals surface area (Å²) in [6, 6.07) is 11.0. The van der Waals surface area contributed by atoms with Gasteiger partial charge in [0, 0.05) is 14.1 Å². The maximum atomic E-state index is 12.2. The van der Waals surface area contributed by atoms with Gasteiger partial charge in [-0.25, -0.2) is 13.6 Å². The van der Waals surface area contributed by atoms with E-state index in [1.165, 1.54) is 12.1 Å². The summed E-state index contributed by atoms with van der Waals surface area (Å²) in [5.41, 5.74) is 0.933. The Hall–Kier alpha value is -2.29. The second-order valence-corrected chi connectivity index (χ2v) is 7.35. The van der Waals surface area contributed by atoms with Crippen molar-refractivity contribution < 1.29 is 17.9 Å². The van der Waals surface area contributed by atoms with Crippen molar-refractivity contribution in [2.24, 2.45) is 5.14 Å². The normalized spacial score (nSPS) is 11.0. The number of carbonyl (C=O) groups is 1. The Morgan fingerprint density at radius 1 is 1.24 bits per heavy atom. The van der Waals surface area contributed by atoms with E-state index in [1.807, 2.05) is 0 Å². The van der Waals surface area contributed by atoms with E-state index in [9.17, 15) is 13.2 Å². The Balaban J connectivity index is 2.17. The molecule has 0 bridgehead atoms. The number of rotatable bonds is 6. The van der Waals surface area contributed by atoms with Gasteiger partial charge in [0.15, 0.2) is 6.61 Å². The molecule has 0 radical (unpaired) electrons. The third-order valence-electron chi connectivity index (χ3n) is 3.25. The summed E-state index contributed by atoms with van der Waals surface area (Å²) in [5, 5.41) is 8.16. The van der Waals surface area contributed by atoms with Crippen molar-refractivity contribution in [2.45, 2.75) is 4.90 Å². The molecule has 9 heteroatoms. The predicted octanol–water partition coefficient (Wildman–Crippen LogP) is 2.07. The van der Waals surface area contributed by atoms with Crippen LogP contribution in [0.3, 0.4) is 0 Å². The number of nitrogens with one attached hydrogen (secondary N) is 1. The molecule has 0 aliphatic carbocycles. The van der Waals surface area contributed by atoms with E-state index in [0.717, 1.165) is 0 Å². The van der Waals surface area contributed by atoms with Gasteiger partial charge >= 0.3 is 0 Å². The van der Waals surface area contributed by atoms with Gasteiger partial charge in [0.05, 0.1) is 21.3 Å². The van der Waals surface area contributed by atoms with Crippen LogP contribution >= 0.6 is 11.6 Å². The van der Waals surface area contributed by atoms with Crippen LogP contribution in [0.15, 0.2) is 47.4 Å². The second kappa shape index (κ2) is 7.73. The third-order valence-corrected chi connectivity index (χ3v) is 4.47. The molecule has 0 fully saturated rings. The highest BCUT2D eigenvalue weighted by Crippen LogP contribution is 2.27. The van der Waals surface area contributed by atoms with Crippen molar-refractivity contribution in [3.63, 3.8) is 0 Å². The Bertz CT molecular complexity index is 885. The minimum atomic E-state index is -3.88. The number of hydrogen-bond donors (Lipinski definition) is 2. The van der Waals surface area contributed by atoms with E-state index in [4.69, 9.17) is 21.5 Å². The van der Waals surface area contributed by atoms with E-state index >= 15 is 0 Å². The number of carbonyl (C=O) groups excluding carboxylic acids is 1. The number of halogens is 1. The molecule has 134 valence electrons. The maximum Gasteiger partial charge on any atom is 0.262 e. The summed E-state index contributed by atoms with van der Waals surface area (Å²) in [6.45, 7) is -0.282. The Kier molecular flexibility index (Phi) is 5.89. The maximum absolute atomic E-state index is 12.2. The summed E-state index contributed by atoms with van der Waals surface area (Å²) in [5.74, 6) is -0.0833. The van der Waals surface area contributed by atoms with Crippen LogP contribution in [0.4, 0.5) is 11.4 Å². The number of sulfonamides is 1. The zero-order chi connectivity index (χ0) is 18.6. The molecule has 0 aromatic heterocycles. The molecule has 2 aromatic rings. The highest BCUT2D eigenvalue weighted by molar-refractivity contribution is 7.89. The van der Waals surface area contributed by atoms with Crippen LogP contribution in [0.25, 0.3) is 0 Å². The minimum Gasteiger partial charge on any atom is -0.482 e. The van der Waals surface area contributed by atoms with Gasteiger partial charge < -0.3 is 15.0 Å². The number of nitrogens with zero attached hydrogens (tertiary/aromatic N) is 1. The average Bonchev–Trinajstić information content (AvgIpc) is 2.53. The number of amides is 1. The number of benzene rings is 2. The Morgan fingerprint density at radius 3 is 2.52 bits per heavy atom. The lowest BCUT2D eigenvalue weighted by Gasteiger charge is -2.19. The standard InChI is InChI=1S/C16H18ClN3O4S/c1-20(2)14-8-7-11(25(18,22)23)9-13(14)19-16(21)10-24-15-6-4-3-5-12(15)17/h3-9H,10H2,1-2H3,(H,19,21)(H2,18,22,23). The van der Waals surface area contributed by atoms with Gasteiger partial charge in [-0.2, -0.15) is 0 Å². The molecule has 2 rings (SSSR count). The molecule has 25 heavy (non-hydrogen) atoms. The van der Waals surface area contributed by atoms with Crippen LogP contribution in [0, 0.1) is 0 Å². The van der Waals surface area contributed by atoms with E-state index in [2.05, 4.69) is 5.32 Å². The van der Waals surface area contributed by atoms with Crippen molar-refractivity contribution in [2.75, 3.05) is 30.9 Å². The SMILES string of the molecule is CN(C)c1ccc(S(N)(=O)=O)cc1NC(=O)COc1ccccc1Cl. The Morgan fingerprint density at radius 2 is 1.92 bits per heavy atom. The topological polar surface area (TPSA) is 102 Å². The lowest BCUT2D eigenvalue weighted by Crippen LogP contribution is -2.23. The predicted molar refractivity (Wildman–Crippen MR) is 97.7 cm³/mol.